The smallest absolute Gasteiger partial charge is 0.251 e. The lowest BCUT2D eigenvalue weighted by atomic mass is 10.1. The number of rotatable bonds is 11. The van der Waals surface area contributed by atoms with E-state index in [-0.39, 0.29) is 5.56 Å². The van der Waals surface area contributed by atoms with E-state index in [0.29, 0.717) is 5.16 Å². The molecule has 0 spiro atoms. The average molecular weight is 298 g/mol. The summed E-state index contributed by atoms with van der Waals surface area (Å²) in [4.78, 5) is 17.7. The maximum absolute atomic E-state index is 11.1. The Labute approximate surface area is 125 Å². The largest absolute Gasteiger partial charge is 0.382 e. The first kappa shape index (κ1) is 17.2. The lowest BCUT2D eigenvalue weighted by Crippen LogP contribution is -2.08. The zero-order chi connectivity index (χ0) is 14.6. The van der Waals surface area contributed by atoms with Crippen molar-refractivity contribution in [3.8, 4) is 0 Å². The van der Waals surface area contributed by atoms with E-state index in [4.69, 9.17) is 0 Å². The van der Waals surface area contributed by atoms with Gasteiger partial charge in [-0.15, -0.1) is 0 Å². The van der Waals surface area contributed by atoms with E-state index >= 15 is 0 Å². The third-order valence-corrected chi connectivity index (χ3v) is 4.14. The molecule has 114 valence electrons. The molecule has 0 fully saturated rings. The van der Waals surface area contributed by atoms with E-state index in [9.17, 15) is 9.90 Å². The summed E-state index contributed by atoms with van der Waals surface area (Å²) in [6.07, 6.45) is 12.3. The summed E-state index contributed by atoms with van der Waals surface area (Å²) < 4.78 is 0. The summed E-state index contributed by atoms with van der Waals surface area (Å²) in [5.41, 5.74) is -0.664. The van der Waals surface area contributed by atoms with Crippen molar-refractivity contribution in [2.45, 2.75) is 75.3 Å². The van der Waals surface area contributed by atoms with Crippen molar-refractivity contribution in [1.82, 2.24) is 9.97 Å². The minimum Gasteiger partial charge on any atom is -0.382 e. The lowest BCUT2D eigenvalue weighted by Gasteiger charge is -2.08. The van der Waals surface area contributed by atoms with Crippen molar-refractivity contribution in [3.05, 3.63) is 22.6 Å². The molecule has 0 aliphatic rings. The van der Waals surface area contributed by atoms with Gasteiger partial charge in [-0.2, -0.15) is 0 Å². The molecule has 0 aromatic carbocycles. The minimum absolute atomic E-state index is 0.179. The second-order valence-corrected chi connectivity index (χ2v) is 6.24. The quantitative estimate of drug-likeness (QED) is 0.283. The summed E-state index contributed by atoms with van der Waals surface area (Å²) in [6, 6.07) is 1.37. The molecule has 20 heavy (non-hydrogen) atoms. The minimum atomic E-state index is -0.486. The van der Waals surface area contributed by atoms with Gasteiger partial charge in [-0.3, -0.25) is 4.79 Å². The van der Waals surface area contributed by atoms with Crippen LogP contribution in [-0.4, -0.2) is 20.5 Å². The molecule has 0 amide bonds. The lowest BCUT2D eigenvalue weighted by molar-refractivity contribution is 0.247. The Kier molecular flexibility index (Phi) is 9.41. The number of aromatic nitrogens is 2. The van der Waals surface area contributed by atoms with Gasteiger partial charge in [-0.05, 0) is 12.8 Å². The Balaban J connectivity index is 2.03. The van der Waals surface area contributed by atoms with Crippen molar-refractivity contribution in [1.29, 1.82) is 0 Å². The summed E-state index contributed by atoms with van der Waals surface area (Å²) in [5, 5.41) is 10.4. The predicted molar refractivity (Wildman–Crippen MR) is 83.9 cm³/mol. The van der Waals surface area contributed by atoms with Gasteiger partial charge in [0.05, 0.1) is 0 Å². The molecule has 0 aliphatic heterocycles. The Morgan fingerprint density at radius 3 is 2.50 bits per heavy atom. The predicted octanol–water partition coefficient (Wildman–Crippen LogP) is 3.71. The Bertz CT molecular complexity index is 409. The molecule has 1 unspecified atom stereocenters. The molecule has 5 heteroatoms. The molecule has 1 atom stereocenters. The number of aliphatic hydroxyl groups is 1. The fourth-order valence-corrected chi connectivity index (χ4v) is 2.88. The van der Waals surface area contributed by atoms with Crippen LogP contribution in [-0.2, 0) is 0 Å². The van der Waals surface area contributed by atoms with E-state index in [1.54, 1.807) is 0 Å². The van der Waals surface area contributed by atoms with Gasteiger partial charge in [0.15, 0.2) is 5.16 Å². The Morgan fingerprint density at radius 2 is 1.85 bits per heavy atom. The van der Waals surface area contributed by atoms with Crippen LogP contribution in [0, 0.1) is 0 Å². The number of aromatic amines is 1. The summed E-state index contributed by atoms with van der Waals surface area (Å²) in [6.45, 7) is 2.23. The van der Waals surface area contributed by atoms with Crippen molar-refractivity contribution in [2.75, 3.05) is 0 Å². The van der Waals surface area contributed by atoms with Gasteiger partial charge in [-0.1, -0.05) is 63.6 Å². The topological polar surface area (TPSA) is 66.0 Å². The van der Waals surface area contributed by atoms with Crippen LogP contribution < -0.4 is 5.56 Å². The van der Waals surface area contributed by atoms with E-state index in [0.717, 1.165) is 12.8 Å². The molecule has 4 nitrogen and oxygen atoms in total. The summed E-state index contributed by atoms with van der Waals surface area (Å²) in [7, 11) is 0. The van der Waals surface area contributed by atoms with Crippen LogP contribution in [0.4, 0.5) is 0 Å². The number of thioether (sulfide) groups is 1. The number of nitrogens with zero attached hydrogens (tertiary/aromatic N) is 1. The fraction of sp³-hybridized carbons (Fsp3) is 0.733. The number of unbranched alkanes of at least 4 members (excludes halogenated alkanes) is 7. The number of aliphatic hydroxyl groups excluding tert-OH is 1. The van der Waals surface area contributed by atoms with Crippen LogP contribution in [0.25, 0.3) is 0 Å². The highest BCUT2D eigenvalue weighted by Gasteiger charge is 2.07. The first-order chi connectivity index (χ1) is 9.72. The van der Waals surface area contributed by atoms with E-state index < -0.39 is 5.44 Å². The highest BCUT2D eigenvalue weighted by Crippen LogP contribution is 2.21. The molecule has 1 aromatic heterocycles. The third kappa shape index (κ3) is 8.38. The zero-order valence-electron chi connectivity index (χ0n) is 12.3. The second-order valence-electron chi connectivity index (χ2n) is 5.08. The Morgan fingerprint density at radius 1 is 1.20 bits per heavy atom. The van der Waals surface area contributed by atoms with Crippen LogP contribution in [0.3, 0.4) is 0 Å². The standard InChI is InChI=1S/C15H26N2O2S/c1-2-3-4-5-6-7-8-9-10-14(19)20-15-16-12-11-13(18)17-15/h11-12,14,19H,2-10H2,1H3,(H,16,17,18). The fourth-order valence-electron chi connectivity index (χ4n) is 2.05. The van der Waals surface area contributed by atoms with Gasteiger partial charge in [0.2, 0.25) is 0 Å². The second kappa shape index (κ2) is 10.9. The van der Waals surface area contributed by atoms with Gasteiger partial charge < -0.3 is 10.1 Å². The van der Waals surface area contributed by atoms with Crippen LogP contribution in [0.2, 0.25) is 0 Å². The number of hydrogen-bond donors (Lipinski definition) is 2. The highest BCUT2D eigenvalue weighted by molar-refractivity contribution is 7.99. The molecular formula is C15H26N2O2S. The molecule has 0 bridgehead atoms. The van der Waals surface area contributed by atoms with Crippen molar-refractivity contribution < 1.29 is 5.11 Å². The van der Waals surface area contributed by atoms with Crippen LogP contribution in [0.15, 0.2) is 22.2 Å². The molecule has 0 radical (unpaired) electrons. The monoisotopic (exact) mass is 298 g/mol. The van der Waals surface area contributed by atoms with E-state index in [1.807, 2.05) is 0 Å². The molecule has 0 aliphatic carbocycles. The molecule has 1 heterocycles. The van der Waals surface area contributed by atoms with Gasteiger partial charge in [0, 0.05) is 12.3 Å². The molecule has 0 saturated carbocycles. The van der Waals surface area contributed by atoms with E-state index in [1.165, 1.54) is 69.0 Å². The number of nitrogens with one attached hydrogen (secondary N) is 1. The molecule has 0 saturated heterocycles. The maximum Gasteiger partial charge on any atom is 0.251 e. The molecule has 2 N–H and O–H groups in total. The maximum atomic E-state index is 11.1. The van der Waals surface area contributed by atoms with Crippen molar-refractivity contribution in [3.63, 3.8) is 0 Å². The molecule has 1 rings (SSSR count). The van der Waals surface area contributed by atoms with Crippen LogP contribution >= 0.6 is 11.8 Å². The van der Waals surface area contributed by atoms with Gasteiger partial charge in [0.25, 0.3) is 5.56 Å². The van der Waals surface area contributed by atoms with E-state index in [2.05, 4.69) is 16.9 Å². The molecular weight excluding hydrogens is 272 g/mol. The SMILES string of the molecule is CCCCCCCCCCC(O)Sc1nccc(=O)[nH]1. The first-order valence-corrected chi connectivity index (χ1v) is 8.50. The first-order valence-electron chi connectivity index (χ1n) is 7.62. The normalized spacial score (nSPS) is 12.5. The molecule has 1 aromatic rings. The van der Waals surface area contributed by atoms with Gasteiger partial charge in [-0.25, -0.2) is 4.98 Å². The van der Waals surface area contributed by atoms with Crippen LogP contribution in [0.5, 0.6) is 0 Å². The highest BCUT2D eigenvalue weighted by atomic mass is 32.2. The summed E-state index contributed by atoms with van der Waals surface area (Å²) in [5.74, 6) is 0. The number of hydrogen-bond acceptors (Lipinski definition) is 4. The van der Waals surface area contributed by atoms with Gasteiger partial charge in [0.1, 0.15) is 5.44 Å². The van der Waals surface area contributed by atoms with Crippen molar-refractivity contribution >= 4 is 11.8 Å². The Hall–Kier alpha value is -0.810. The van der Waals surface area contributed by atoms with Crippen molar-refractivity contribution in [2.24, 2.45) is 0 Å². The average Bonchev–Trinajstić information content (AvgIpc) is 2.42. The number of H-pyrrole nitrogens is 1. The van der Waals surface area contributed by atoms with Gasteiger partial charge >= 0.3 is 0 Å². The van der Waals surface area contributed by atoms with Crippen LogP contribution in [0.1, 0.15) is 64.7 Å². The summed E-state index contributed by atoms with van der Waals surface area (Å²) >= 11 is 1.22. The third-order valence-electron chi connectivity index (χ3n) is 3.20. The zero-order valence-corrected chi connectivity index (χ0v) is 13.1.